The Labute approximate surface area is 174 Å². The summed E-state index contributed by atoms with van der Waals surface area (Å²) in [6.07, 6.45) is 3.29. The summed E-state index contributed by atoms with van der Waals surface area (Å²) in [6.45, 7) is 3.73. The minimum Gasteiger partial charge on any atom is -0.488 e. The Kier molecular flexibility index (Phi) is 6.44. The second-order valence-corrected chi connectivity index (χ2v) is 8.54. The van der Waals surface area contributed by atoms with Crippen LogP contribution in [0.3, 0.4) is 0 Å². The average Bonchev–Trinajstić information content (AvgIpc) is 3.38. The molecule has 29 heavy (non-hydrogen) atoms. The van der Waals surface area contributed by atoms with Crippen LogP contribution in [0, 0.1) is 0 Å². The summed E-state index contributed by atoms with van der Waals surface area (Å²) in [5.74, 6) is 0.607. The van der Waals surface area contributed by atoms with Crippen LogP contribution in [0.15, 0.2) is 64.9 Å². The Hall–Kier alpha value is -2.41. The number of aliphatic hydroxyl groups excluding tert-OH is 1. The van der Waals surface area contributed by atoms with Gasteiger partial charge in [0.15, 0.2) is 0 Å². The lowest BCUT2D eigenvalue weighted by atomic mass is 10.1. The highest BCUT2D eigenvalue weighted by Gasteiger charge is 2.19. The second-order valence-electron chi connectivity index (χ2n) is 7.51. The van der Waals surface area contributed by atoms with Gasteiger partial charge in [0.25, 0.3) is 5.56 Å². The van der Waals surface area contributed by atoms with Gasteiger partial charge in [0, 0.05) is 43.3 Å². The number of ether oxygens (including phenoxy) is 1. The van der Waals surface area contributed by atoms with Gasteiger partial charge >= 0.3 is 0 Å². The molecule has 2 aromatic heterocycles. The summed E-state index contributed by atoms with van der Waals surface area (Å²) in [6, 6.07) is 16.0. The van der Waals surface area contributed by atoms with E-state index in [2.05, 4.69) is 29.2 Å². The molecule has 5 nitrogen and oxygen atoms in total. The molecule has 152 valence electrons. The Bertz CT molecular complexity index is 967. The zero-order chi connectivity index (χ0) is 20.1. The number of nitrogens with zero attached hydrogens (tertiary/aromatic N) is 2. The van der Waals surface area contributed by atoms with Crippen LogP contribution >= 0.6 is 11.3 Å². The van der Waals surface area contributed by atoms with Crippen LogP contribution in [0.4, 0.5) is 0 Å². The Morgan fingerprint density at radius 1 is 1.14 bits per heavy atom. The molecule has 0 radical (unpaired) electrons. The van der Waals surface area contributed by atoms with Crippen LogP contribution in [0.25, 0.3) is 0 Å². The van der Waals surface area contributed by atoms with Crippen LogP contribution in [0.1, 0.15) is 22.4 Å². The first-order chi connectivity index (χ1) is 14.2. The van der Waals surface area contributed by atoms with Gasteiger partial charge in [-0.1, -0.05) is 30.3 Å². The zero-order valence-electron chi connectivity index (χ0n) is 16.4. The molecule has 1 saturated heterocycles. The monoisotopic (exact) mass is 410 g/mol. The zero-order valence-corrected chi connectivity index (χ0v) is 17.2. The summed E-state index contributed by atoms with van der Waals surface area (Å²) in [4.78, 5) is 15.8. The van der Waals surface area contributed by atoms with Gasteiger partial charge in [0.2, 0.25) is 0 Å². The number of aromatic nitrogens is 1. The number of hydrogen-bond donors (Lipinski definition) is 1. The van der Waals surface area contributed by atoms with E-state index in [1.165, 1.54) is 11.1 Å². The molecule has 0 saturated carbocycles. The molecule has 1 atom stereocenters. The lowest BCUT2D eigenvalue weighted by Gasteiger charge is -2.15. The average molecular weight is 411 g/mol. The van der Waals surface area contributed by atoms with Gasteiger partial charge in [-0.2, -0.15) is 0 Å². The number of rotatable bonds is 8. The molecule has 1 aromatic carbocycles. The number of likely N-dealkylation sites (tertiary alicyclic amines) is 1. The Balaban J connectivity index is 1.28. The third-order valence-corrected chi connectivity index (χ3v) is 6.10. The van der Waals surface area contributed by atoms with Crippen LogP contribution in [0.5, 0.6) is 5.75 Å². The molecule has 1 unspecified atom stereocenters. The SMILES string of the molecule is O=c1cc(OCc2cccs2)ccn1CCc1ccc(CN2CCC(O)C2)cc1. The van der Waals surface area contributed by atoms with E-state index in [1.807, 2.05) is 23.6 Å². The van der Waals surface area contributed by atoms with Crippen molar-refractivity contribution in [2.24, 2.45) is 0 Å². The first kappa shape index (κ1) is 19.9. The van der Waals surface area contributed by atoms with Gasteiger partial charge in [-0.15, -0.1) is 11.3 Å². The molecule has 4 rings (SSSR count). The topological polar surface area (TPSA) is 54.7 Å². The van der Waals surface area contributed by atoms with E-state index in [-0.39, 0.29) is 11.7 Å². The van der Waals surface area contributed by atoms with Gasteiger partial charge < -0.3 is 14.4 Å². The Morgan fingerprint density at radius 2 is 1.97 bits per heavy atom. The van der Waals surface area contributed by atoms with E-state index >= 15 is 0 Å². The summed E-state index contributed by atoms with van der Waals surface area (Å²) < 4.78 is 7.42. The van der Waals surface area contributed by atoms with Gasteiger partial charge in [-0.25, -0.2) is 0 Å². The van der Waals surface area contributed by atoms with Gasteiger partial charge in [-0.3, -0.25) is 9.69 Å². The minimum absolute atomic E-state index is 0.0436. The fourth-order valence-corrected chi connectivity index (χ4v) is 4.20. The summed E-state index contributed by atoms with van der Waals surface area (Å²) in [7, 11) is 0. The van der Waals surface area contributed by atoms with E-state index in [4.69, 9.17) is 4.74 Å². The predicted octanol–water partition coefficient (Wildman–Crippen LogP) is 3.30. The number of thiophene rings is 1. The van der Waals surface area contributed by atoms with Crippen molar-refractivity contribution in [3.05, 3.63) is 86.5 Å². The molecule has 6 heteroatoms. The van der Waals surface area contributed by atoms with Gasteiger partial charge in [0.05, 0.1) is 6.10 Å². The minimum atomic E-state index is -0.180. The summed E-state index contributed by atoms with van der Waals surface area (Å²) >= 11 is 1.64. The van der Waals surface area contributed by atoms with Crippen LogP contribution in [0.2, 0.25) is 0 Å². The van der Waals surface area contributed by atoms with E-state index in [0.29, 0.717) is 18.9 Å². The predicted molar refractivity (Wildman–Crippen MR) is 115 cm³/mol. The molecule has 0 aliphatic carbocycles. The number of benzene rings is 1. The molecule has 1 aliphatic rings. The van der Waals surface area contributed by atoms with Crippen LogP contribution in [-0.2, 0) is 26.1 Å². The van der Waals surface area contributed by atoms with E-state index in [1.54, 1.807) is 28.2 Å². The number of aliphatic hydroxyl groups is 1. The van der Waals surface area contributed by atoms with Gasteiger partial charge in [0.1, 0.15) is 12.4 Å². The van der Waals surface area contributed by atoms with Crippen molar-refractivity contribution >= 4 is 11.3 Å². The lowest BCUT2D eigenvalue weighted by molar-refractivity contribution is 0.175. The molecule has 3 heterocycles. The highest BCUT2D eigenvalue weighted by atomic mass is 32.1. The maximum absolute atomic E-state index is 12.4. The fraction of sp³-hybridized carbons (Fsp3) is 0.348. The first-order valence-corrected chi connectivity index (χ1v) is 10.9. The molecular formula is C23H26N2O3S. The molecule has 1 fully saturated rings. The Morgan fingerprint density at radius 3 is 2.66 bits per heavy atom. The number of hydrogen-bond acceptors (Lipinski definition) is 5. The highest BCUT2D eigenvalue weighted by Crippen LogP contribution is 2.15. The van der Waals surface area contributed by atoms with Crippen molar-refractivity contribution in [3.63, 3.8) is 0 Å². The number of β-amino-alcohol motifs (C(OH)–C–C–N with tert-alkyl or cyclic N) is 1. The lowest BCUT2D eigenvalue weighted by Crippen LogP contribution is -2.21. The van der Waals surface area contributed by atoms with Gasteiger partial charge in [-0.05, 0) is 41.5 Å². The van der Waals surface area contributed by atoms with Crippen molar-refractivity contribution in [2.45, 2.75) is 38.6 Å². The van der Waals surface area contributed by atoms with E-state index < -0.39 is 0 Å². The molecule has 3 aromatic rings. The van der Waals surface area contributed by atoms with Crippen molar-refractivity contribution < 1.29 is 9.84 Å². The molecular weight excluding hydrogens is 384 g/mol. The third kappa shape index (κ3) is 5.56. The highest BCUT2D eigenvalue weighted by molar-refractivity contribution is 7.09. The van der Waals surface area contributed by atoms with Crippen molar-refractivity contribution in [1.82, 2.24) is 9.47 Å². The maximum atomic E-state index is 12.4. The molecule has 0 bridgehead atoms. The number of pyridine rings is 1. The van der Waals surface area contributed by atoms with Crippen LogP contribution in [-0.4, -0.2) is 33.8 Å². The molecule has 1 aliphatic heterocycles. The molecule has 0 amide bonds. The third-order valence-electron chi connectivity index (χ3n) is 5.25. The van der Waals surface area contributed by atoms with E-state index in [0.717, 1.165) is 37.4 Å². The standard InChI is InChI=1S/C23H26N2O3S/c26-20-8-10-24(16-20)15-19-5-3-18(4-6-19)7-11-25-12-9-21(14-23(25)27)28-17-22-2-1-13-29-22/h1-6,9,12-14,20,26H,7-8,10-11,15-17H2. The smallest absolute Gasteiger partial charge is 0.254 e. The second kappa shape index (κ2) is 9.39. The van der Waals surface area contributed by atoms with Crippen molar-refractivity contribution in [3.8, 4) is 5.75 Å². The number of aryl methyl sites for hydroxylation is 2. The van der Waals surface area contributed by atoms with Crippen molar-refractivity contribution in [1.29, 1.82) is 0 Å². The summed E-state index contributed by atoms with van der Waals surface area (Å²) in [5.41, 5.74) is 2.42. The van der Waals surface area contributed by atoms with Crippen molar-refractivity contribution in [2.75, 3.05) is 13.1 Å². The maximum Gasteiger partial charge on any atom is 0.254 e. The van der Waals surface area contributed by atoms with Crippen LogP contribution < -0.4 is 10.3 Å². The quantitative estimate of drug-likeness (QED) is 0.619. The molecule has 0 spiro atoms. The normalized spacial score (nSPS) is 16.9. The summed E-state index contributed by atoms with van der Waals surface area (Å²) in [5, 5.41) is 11.6. The van der Waals surface area contributed by atoms with E-state index in [9.17, 15) is 9.90 Å². The largest absolute Gasteiger partial charge is 0.488 e. The fourth-order valence-electron chi connectivity index (χ4n) is 3.59. The first-order valence-electron chi connectivity index (χ1n) is 9.99. The molecule has 1 N–H and O–H groups in total.